The number of rotatable bonds is 1. The highest BCUT2D eigenvalue weighted by Gasteiger charge is 2.34. The van der Waals surface area contributed by atoms with Gasteiger partial charge >= 0.3 is 6.18 Å². The number of halogens is 5. The second-order valence-corrected chi connectivity index (χ2v) is 3.33. The molecule has 0 heterocycles. The summed E-state index contributed by atoms with van der Waals surface area (Å²) in [7, 11) is 0. The third-order valence-corrected chi connectivity index (χ3v) is 2.33. The maximum absolute atomic E-state index is 12.2. The predicted molar refractivity (Wildman–Crippen MR) is 48.1 cm³/mol. The van der Waals surface area contributed by atoms with Gasteiger partial charge < -0.3 is 0 Å². The van der Waals surface area contributed by atoms with Gasteiger partial charge in [-0.2, -0.15) is 13.2 Å². The van der Waals surface area contributed by atoms with E-state index in [9.17, 15) is 23.3 Å². The van der Waals surface area contributed by atoms with Crippen molar-refractivity contribution >= 4 is 28.9 Å². The summed E-state index contributed by atoms with van der Waals surface area (Å²) in [5, 5.41) is 9.34. The first-order valence-corrected chi connectivity index (χ1v) is 4.19. The van der Waals surface area contributed by atoms with Gasteiger partial charge in [-0.15, -0.1) is 0 Å². The van der Waals surface area contributed by atoms with Crippen molar-refractivity contribution in [3.63, 3.8) is 0 Å². The minimum absolute atomic E-state index is 0.341. The van der Waals surface area contributed by atoms with Crippen molar-refractivity contribution in [2.24, 2.45) is 0 Å². The Hall–Kier alpha value is -1.01. The molecule has 0 saturated heterocycles. The van der Waals surface area contributed by atoms with Gasteiger partial charge in [-0.05, 0) is 6.07 Å². The Morgan fingerprint density at radius 2 is 1.80 bits per heavy atom. The van der Waals surface area contributed by atoms with Crippen LogP contribution in [0.3, 0.4) is 0 Å². The molecule has 1 aromatic carbocycles. The Balaban J connectivity index is 3.43. The molecule has 0 N–H and O–H groups in total. The molecule has 0 fully saturated rings. The standard InChI is InChI=1S/C7H2Cl2F3NO2/c8-4-1-3(7(10,11)12)2-5(6(4)9)13(14)15/h1-2H. The number of hydrogen-bond donors (Lipinski definition) is 0. The number of nitro benzene ring substituents is 1. The summed E-state index contributed by atoms with van der Waals surface area (Å²) in [5.41, 5.74) is -2.07. The fraction of sp³-hybridized carbons (Fsp3) is 0.143. The Morgan fingerprint density at radius 1 is 1.27 bits per heavy atom. The van der Waals surface area contributed by atoms with E-state index in [0.29, 0.717) is 12.1 Å². The number of hydrogen-bond acceptors (Lipinski definition) is 2. The van der Waals surface area contributed by atoms with E-state index in [-0.39, 0.29) is 0 Å². The van der Waals surface area contributed by atoms with Crippen molar-refractivity contribution < 1.29 is 18.1 Å². The molecule has 8 heteroatoms. The van der Waals surface area contributed by atoms with Crippen LogP contribution in [0.5, 0.6) is 0 Å². The topological polar surface area (TPSA) is 43.1 Å². The van der Waals surface area contributed by atoms with Crippen LogP contribution >= 0.6 is 23.2 Å². The lowest BCUT2D eigenvalue weighted by molar-refractivity contribution is -0.384. The molecular weight excluding hydrogens is 258 g/mol. The van der Waals surface area contributed by atoms with E-state index >= 15 is 0 Å². The van der Waals surface area contributed by atoms with Crippen LogP contribution in [-0.4, -0.2) is 4.92 Å². The average Bonchev–Trinajstić information content (AvgIpc) is 2.06. The zero-order valence-electron chi connectivity index (χ0n) is 6.81. The van der Waals surface area contributed by atoms with Crippen LogP contribution in [0.1, 0.15) is 5.56 Å². The van der Waals surface area contributed by atoms with Crippen LogP contribution in [0.4, 0.5) is 18.9 Å². The summed E-state index contributed by atoms with van der Waals surface area (Å²) in [6.45, 7) is 0. The van der Waals surface area contributed by atoms with Crippen molar-refractivity contribution in [1.29, 1.82) is 0 Å². The van der Waals surface area contributed by atoms with Gasteiger partial charge in [0.2, 0.25) is 0 Å². The molecule has 0 aliphatic rings. The molecule has 0 aliphatic carbocycles. The van der Waals surface area contributed by atoms with Crippen molar-refractivity contribution in [1.82, 2.24) is 0 Å². The number of nitro groups is 1. The van der Waals surface area contributed by atoms with Crippen molar-refractivity contribution in [2.75, 3.05) is 0 Å². The maximum Gasteiger partial charge on any atom is 0.416 e. The van der Waals surface area contributed by atoms with E-state index < -0.39 is 32.4 Å². The second-order valence-electron chi connectivity index (χ2n) is 2.55. The van der Waals surface area contributed by atoms with Gasteiger partial charge in [-0.1, -0.05) is 23.2 Å². The minimum atomic E-state index is -4.70. The highest BCUT2D eigenvalue weighted by atomic mass is 35.5. The zero-order valence-corrected chi connectivity index (χ0v) is 8.32. The first kappa shape index (κ1) is 12.1. The lowest BCUT2D eigenvalue weighted by atomic mass is 10.2. The molecule has 0 unspecified atom stereocenters. The first-order chi connectivity index (χ1) is 6.73. The Morgan fingerprint density at radius 3 is 2.20 bits per heavy atom. The number of benzene rings is 1. The van der Waals surface area contributed by atoms with Gasteiger partial charge in [0.15, 0.2) is 0 Å². The normalized spacial score (nSPS) is 11.5. The first-order valence-electron chi connectivity index (χ1n) is 3.44. The summed E-state index contributed by atoms with van der Waals surface area (Å²) in [6.07, 6.45) is -4.70. The van der Waals surface area contributed by atoms with Crippen LogP contribution in [0.15, 0.2) is 12.1 Å². The predicted octanol–water partition coefficient (Wildman–Crippen LogP) is 3.92. The summed E-state index contributed by atoms with van der Waals surface area (Å²) < 4.78 is 36.7. The van der Waals surface area contributed by atoms with E-state index in [4.69, 9.17) is 23.2 Å². The van der Waals surface area contributed by atoms with Crippen molar-refractivity contribution in [2.45, 2.75) is 6.18 Å². The molecule has 15 heavy (non-hydrogen) atoms. The molecule has 0 aliphatic heterocycles. The van der Waals surface area contributed by atoms with Gasteiger partial charge in [0.25, 0.3) is 5.69 Å². The zero-order chi connectivity index (χ0) is 11.8. The fourth-order valence-electron chi connectivity index (χ4n) is 0.871. The summed E-state index contributed by atoms with van der Waals surface area (Å²) in [4.78, 5) is 9.32. The van der Waals surface area contributed by atoms with Gasteiger partial charge in [0, 0.05) is 6.07 Å². The van der Waals surface area contributed by atoms with Gasteiger partial charge in [-0.3, -0.25) is 10.1 Å². The summed E-state index contributed by atoms with van der Waals surface area (Å²) in [5.74, 6) is 0. The monoisotopic (exact) mass is 259 g/mol. The van der Waals surface area contributed by atoms with Crippen molar-refractivity contribution in [3.05, 3.63) is 37.9 Å². The lowest BCUT2D eigenvalue weighted by Crippen LogP contribution is -2.06. The van der Waals surface area contributed by atoms with E-state index in [1.54, 1.807) is 0 Å². The third-order valence-electron chi connectivity index (χ3n) is 1.53. The highest BCUT2D eigenvalue weighted by molar-refractivity contribution is 6.43. The van der Waals surface area contributed by atoms with E-state index in [2.05, 4.69) is 0 Å². The molecule has 1 aromatic rings. The SMILES string of the molecule is O=[N+]([O-])c1cc(C(F)(F)F)cc(Cl)c1Cl. The quantitative estimate of drug-likeness (QED) is 0.567. The van der Waals surface area contributed by atoms with Crippen LogP contribution in [0.2, 0.25) is 10.0 Å². The van der Waals surface area contributed by atoms with Crippen LogP contribution in [0.25, 0.3) is 0 Å². The summed E-state index contributed by atoms with van der Waals surface area (Å²) >= 11 is 10.7. The van der Waals surface area contributed by atoms with Gasteiger partial charge in [-0.25, -0.2) is 0 Å². The molecule has 82 valence electrons. The number of alkyl halides is 3. The lowest BCUT2D eigenvalue weighted by Gasteiger charge is -2.07. The fourth-order valence-corrected chi connectivity index (χ4v) is 1.26. The molecule has 0 saturated carbocycles. The van der Waals surface area contributed by atoms with Gasteiger partial charge in [0.1, 0.15) is 5.02 Å². The molecule has 0 radical (unpaired) electrons. The van der Waals surface area contributed by atoms with E-state index in [1.807, 2.05) is 0 Å². The highest BCUT2D eigenvalue weighted by Crippen LogP contribution is 2.39. The summed E-state index contributed by atoms with van der Waals surface area (Å²) in [6, 6.07) is 0.880. The largest absolute Gasteiger partial charge is 0.416 e. The van der Waals surface area contributed by atoms with Crippen LogP contribution in [0, 0.1) is 10.1 Å². The Kier molecular flexibility index (Phi) is 3.11. The maximum atomic E-state index is 12.2. The Bertz CT molecular complexity index is 419. The van der Waals surface area contributed by atoms with Gasteiger partial charge in [0.05, 0.1) is 15.5 Å². The molecule has 0 aromatic heterocycles. The van der Waals surface area contributed by atoms with Crippen LogP contribution < -0.4 is 0 Å². The van der Waals surface area contributed by atoms with E-state index in [1.165, 1.54) is 0 Å². The molecule has 0 spiro atoms. The smallest absolute Gasteiger partial charge is 0.258 e. The molecule has 0 amide bonds. The number of nitrogens with zero attached hydrogens (tertiary/aromatic N) is 1. The van der Waals surface area contributed by atoms with Crippen molar-refractivity contribution in [3.8, 4) is 0 Å². The molecule has 3 nitrogen and oxygen atoms in total. The second kappa shape index (κ2) is 3.86. The average molecular weight is 260 g/mol. The minimum Gasteiger partial charge on any atom is -0.258 e. The molecule has 0 bridgehead atoms. The molecule has 1 rings (SSSR count). The van der Waals surface area contributed by atoms with Crippen LogP contribution in [-0.2, 0) is 6.18 Å². The van der Waals surface area contributed by atoms with E-state index in [0.717, 1.165) is 0 Å². The molecular formula is C7H2Cl2F3NO2. The Labute approximate surface area is 91.6 Å². The molecule has 0 atom stereocenters. The third kappa shape index (κ3) is 2.51.